The van der Waals surface area contributed by atoms with Crippen molar-refractivity contribution in [3.05, 3.63) is 0 Å². The molecule has 0 aromatic rings. The Morgan fingerprint density at radius 1 is 1.56 bits per heavy atom. The summed E-state index contributed by atoms with van der Waals surface area (Å²) < 4.78 is 0. The summed E-state index contributed by atoms with van der Waals surface area (Å²) in [4.78, 5) is 12.2. The van der Waals surface area contributed by atoms with E-state index in [0.717, 1.165) is 5.01 Å². The number of amides is 2. The summed E-state index contributed by atoms with van der Waals surface area (Å²) in [7, 11) is 3.33. The van der Waals surface area contributed by atoms with Crippen molar-refractivity contribution in [1.29, 1.82) is 0 Å². The maximum absolute atomic E-state index is 10.8. The van der Waals surface area contributed by atoms with Crippen LogP contribution in [0.5, 0.6) is 0 Å². The zero-order valence-corrected chi connectivity index (χ0v) is 6.09. The number of urea groups is 1. The van der Waals surface area contributed by atoms with Crippen LogP contribution in [0.4, 0.5) is 4.79 Å². The third-order valence-corrected chi connectivity index (χ3v) is 0.969. The predicted molar refractivity (Wildman–Crippen MR) is 35.7 cm³/mol. The smallest absolute Gasteiger partial charge is 0.330 e. The first kappa shape index (κ1) is 8.23. The molecular weight excluding hydrogens is 118 g/mol. The van der Waals surface area contributed by atoms with E-state index in [0.29, 0.717) is 6.54 Å². The summed E-state index contributed by atoms with van der Waals surface area (Å²) >= 11 is 0. The second-order valence-electron chi connectivity index (χ2n) is 1.96. The van der Waals surface area contributed by atoms with E-state index >= 15 is 0 Å². The van der Waals surface area contributed by atoms with Crippen LogP contribution in [0.3, 0.4) is 0 Å². The van der Waals surface area contributed by atoms with E-state index in [2.05, 4.69) is 0 Å². The molecule has 4 nitrogen and oxygen atoms in total. The zero-order valence-electron chi connectivity index (χ0n) is 6.09. The third-order valence-electron chi connectivity index (χ3n) is 0.969. The average Bonchev–Trinajstić information content (AvgIpc) is 1.84. The number of carbonyl (C=O) groups excluding carboxylic acids is 1. The summed E-state index contributed by atoms with van der Waals surface area (Å²) in [6, 6.07) is -0.169. The molecule has 0 heterocycles. The van der Waals surface area contributed by atoms with Gasteiger partial charge in [0.1, 0.15) is 0 Å². The topological polar surface area (TPSA) is 49.6 Å². The Morgan fingerprint density at radius 2 is 2.00 bits per heavy atom. The first-order valence-electron chi connectivity index (χ1n) is 2.83. The highest BCUT2D eigenvalue weighted by Crippen LogP contribution is 1.84. The van der Waals surface area contributed by atoms with Crippen molar-refractivity contribution in [3.8, 4) is 0 Å². The molecule has 54 valence electrons. The van der Waals surface area contributed by atoms with E-state index in [1.54, 1.807) is 14.1 Å². The van der Waals surface area contributed by atoms with Gasteiger partial charge in [-0.15, -0.1) is 0 Å². The van der Waals surface area contributed by atoms with E-state index in [4.69, 9.17) is 5.84 Å². The summed E-state index contributed by atoms with van der Waals surface area (Å²) in [5, 5.41) is 1.15. The Bertz CT molecular complexity index is 102. The van der Waals surface area contributed by atoms with Gasteiger partial charge in [-0.05, 0) is 6.92 Å². The Kier molecular flexibility index (Phi) is 3.01. The lowest BCUT2D eigenvalue weighted by Gasteiger charge is -2.18. The number of hydrogen-bond acceptors (Lipinski definition) is 2. The van der Waals surface area contributed by atoms with E-state index in [9.17, 15) is 4.79 Å². The molecule has 0 spiro atoms. The summed E-state index contributed by atoms with van der Waals surface area (Å²) in [6.07, 6.45) is 0. The highest BCUT2D eigenvalue weighted by Gasteiger charge is 2.06. The maximum Gasteiger partial charge on any atom is 0.333 e. The van der Waals surface area contributed by atoms with Gasteiger partial charge in [-0.25, -0.2) is 10.6 Å². The average molecular weight is 131 g/mol. The van der Waals surface area contributed by atoms with Crippen LogP contribution in [0.1, 0.15) is 6.92 Å². The van der Waals surface area contributed by atoms with Gasteiger partial charge in [-0.2, -0.15) is 0 Å². The number of hydrogen-bond donors (Lipinski definition) is 1. The highest BCUT2D eigenvalue weighted by atomic mass is 16.2. The molecule has 2 N–H and O–H groups in total. The first-order chi connectivity index (χ1) is 4.09. The van der Waals surface area contributed by atoms with Gasteiger partial charge in [0.2, 0.25) is 0 Å². The Hall–Kier alpha value is -0.770. The fourth-order valence-electron chi connectivity index (χ4n) is 0.392. The monoisotopic (exact) mass is 131 g/mol. The largest absolute Gasteiger partial charge is 0.333 e. The SMILES string of the molecule is CCN(N)C(=O)N(C)C. The second-order valence-corrected chi connectivity index (χ2v) is 1.96. The second kappa shape index (κ2) is 3.29. The number of carbonyl (C=O) groups is 1. The van der Waals surface area contributed by atoms with E-state index in [1.807, 2.05) is 6.92 Å². The Morgan fingerprint density at radius 3 is 2.11 bits per heavy atom. The number of hydrazine groups is 1. The molecule has 0 bridgehead atoms. The van der Waals surface area contributed by atoms with Crippen molar-refractivity contribution < 1.29 is 4.79 Å². The van der Waals surface area contributed by atoms with Gasteiger partial charge < -0.3 is 4.90 Å². The fourth-order valence-corrected chi connectivity index (χ4v) is 0.392. The van der Waals surface area contributed by atoms with E-state index in [1.165, 1.54) is 4.90 Å². The molecule has 0 unspecified atom stereocenters. The van der Waals surface area contributed by atoms with Crippen molar-refractivity contribution in [2.45, 2.75) is 6.92 Å². The third kappa shape index (κ3) is 2.32. The lowest BCUT2D eigenvalue weighted by Crippen LogP contribution is -2.43. The van der Waals surface area contributed by atoms with Gasteiger partial charge in [0.25, 0.3) is 0 Å². The minimum absolute atomic E-state index is 0.169. The number of rotatable bonds is 1. The first-order valence-corrected chi connectivity index (χ1v) is 2.83. The molecule has 4 heteroatoms. The van der Waals surface area contributed by atoms with Crippen LogP contribution < -0.4 is 5.84 Å². The summed E-state index contributed by atoms with van der Waals surface area (Å²) in [6.45, 7) is 2.36. The molecule has 0 radical (unpaired) electrons. The number of nitrogens with zero attached hydrogens (tertiary/aromatic N) is 2. The lowest BCUT2D eigenvalue weighted by atomic mass is 10.7. The van der Waals surface area contributed by atoms with E-state index in [-0.39, 0.29) is 6.03 Å². The molecule has 0 aliphatic heterocycles. The van der Waals surface area contributed by atoms with Crippen molar-refractivity contribution in [2.75, 3.05) is 20.6 Å². The standard InChI is InChI=1S/C5H13N3O/c1-4-8(6)5(9)7(2)3/h4,6H2,1-3H3. The van der Waals surface area contributed by atoms with Crippen LogP contribution in [0.25, 0.3) is 0 Å². The predicted octanol–water partition coefficient (Wildman–Crippen LogP) is -0.136. The van der Waals surface area contributed by atoms with Gasteiger partial charge in [0.05, 0.1) is 0 Å². The van der Waals surface area contributed by atoms with Crippen LogP contribution >= 0.6 is 0 Å². The minimum Gasteiger partial charge on any atom is -0.330 e. The minimum atomic E-state index is -0.169. The molecule has 0 fully saturated rings. The molecule has 0 rings (SSSR count). The lowest BCUT2D eigenvalue weighted by molar-refractivity contribution is 0.174. The zero-order chi connectivity index (χ0) is 7.44. The van der Waals surface area contributed by atoms with E-state index < -0.39 is 0 Å². The molecule has 0 aromatic heterocycles. The molecule has 0 aromatic carbocycles. The summed E-state index contributed by atoms with van der Waals surface area (Å²) in [5.74, 6) is 5.26. The molecule has 0 saturated carbocycles. The quantitative estimate of drug-likeness (QED) is 0.306. The fraction of sp³-hybridized carbons (Fsp3) is 0.800. The van der Waals surface area contributed by atoms with Crippen molar-refractivity contribution >= 4 is 6.03 Å². The van der Waals surface area contributed by atoms with Crippen molar-refractivity contribution in [3.63, 3.8) is 0 Å². The van der Waals surface area contributed by atoms with Crippen LogP contribution in [-0.2, 0) is 0 Å². The van der Waals surface area contributed by atoms with Crippen molar-refractivity contribution in [2.24, 2.45) is 5.84 Å². The van der Waals surface area contributed by atoms with Gasteiger partial charge in [0.15, 0.2) is 0 Å². The molecule has 0 atom stereocenters. The van der Waals surface area contributed by atoms with Gasteiger partial charge in [0, 0.05) is 20.6 Å². The molecule has 9 heavy (non-hydrogen) atoms. The number of nitrogens with two attached hydrogens (primary N) is 1. The van der Waals surface area contributed by atoms with Gasteiger partial charge in [-0.1, -0.05) is 0 Å². The molecular formula is C5H13N3O. The molecule has 0 aliphatic carbocycles. The Balaban J connectivity index is 3.73. The van der Waals surface area contributed by atoms with Crippen LogP contribution in [0.15, 0.2) is 0 Å². The normalized spacial score (nSPS) is 8.89. The highest BCUT2D eigenvalue weighted by molar-refractivity contribution is 5.72. The van der Waals surface area contributed by atoms with Gasteiger partial charge in [-0.3, -0.25) is 5.01 Å². The Labute approximate surface area is 55.2 Å². The molecule has 0 saturated heterocycles. The van der Waals surface area contributed by atoms with Crippen LogP contribution in [0, 0.1) is 0 Å². The maximum atomic E-state index is 10.8. The van der Waals surface area contributed by atoms with Gasteiger partial charge >= 0.3 is 6.03 Å². The van der Waals surface area contributed by atoms with Crippen LogP contribution in [0.2, 0.25) is 0 Å². The van der Waals surface area contributed by atoms with Crippen LogP contribution in [-0.4, -0.2) is 36.6 Å². The molecule has 0 aliphatic rings. The van der Waals surface area contributed by atoms with Crippen molar-refractivity contribution in [1.82, 2.24) is 9.91 Å². The summed E-state index contributed by atoms with van der Waals surface area (Å²) in [5.41, 5.74) is 0. The molecule has 2 amide bonds.